The Kier molecular flexibility index (Phi) is 19.8. The topological polar surface area (TPSA) is 156 Å². The highest BCUT2D eigenvalue weighted by molar-refractivity contribution is 6.19. The minimum atomic E-state index is -0.366. The monoisotopic (exact) mass is 788 g/mol. The predicted molar refractivity (Wildman–Crippen MR) is 227 cm³/mol. The molecule has 1 aliphatic heterocycles. The van der Waals surface area contributed by atoms with Gasteiger partial charge < -0.3 is 40.1 Å². The lowest BCUT2D eigenvalue weighted by molar-refractivity contribution is -0.129. The van der Waals surface area contributed by atoms with Gasteiger partial charge in [-0.1, -0.05) is 62.9 Å². The summed E-state index contributed by atoms with van der Waals surface area (Å²) in [5, 5.41) is 24.9. The molecule has 2 aromatic rings. The second-order valence-corrected chi connectivity index (χ2v) is 14.8. The van der Waals surface area contributed by atoms with Crippen LogP contribution in [0, 0.1) is 5.92 Å². The zero-order valence-corrected chi connectivity index (χ0v) is 34.2. The van der Waals surface area contributed by atoms with Gasteiger partial charge >= 0.3 is 0 Å². The summed E-state index contributed by atoms with van der Waals surface area (Å²) >= 11 is 0. The second kappa shape index (κ2) is 24.9. The molecule has 0 unspecified atom stereocenters. The fraction of sp³-hybridized carbons (Fsp3) is 0.545. The van der Waals surface area contributed by atoms with Gasteiger partial charge in [0.1, 0.15) is 18.1 Å². The molecule has 2 aliphatic rings. The number of anilines is 2. The van der Waals surface area contributed by atoms with E-state index in [1.807, 2.05) is 78.5 Å². The molecule has 2 aromatic carbocycles. The lowest BCUT2D eigenvalue weighted by Crippen LogP contribution is -2.46. The van der Waals surface area contributed by atoms with Crippen molar-refractivity contribution >= 4 is 47.1 Å². The Labute approximate surface area is 338 Å². The molecule has 4 rings (SSSR count). The van der Waals surface area contributed by atoms with Gasteiger partial charge in [-0.3, -0.25) is 19.3 Å². The number of amides is 3. The fourth-order valence-corrected chi connectivity index (χ4v) is 6.89. The van der Waals surface area contributed by atoms with Gasteiger partial charge in [-0.05, 0) is 79.6 Å². The van der Waals surface area contributed by atoms with Crippen molar-refractivity contribution in [1.29, 1.82) is 0 Å². The molecule has 3 amide bonds. The van der Waals surface area contributed by atoms with Crippen molar-refractivity contribution < 1.29 is 34.1 Å². The first-order chi connectivity index (χ1) is 27.7. The highest BCUT2D eigenvalue weighted by atomic mass is 16.5. The third-order valence-electron chi connectivity index (χ3n) is 10.2. The van der Waals surface area contributed by atoms with Crippen LogP contribution in [-0.4, -0.2) is 125 Å². The van der Waals surface area contributed by atoms with Crippen molar-refractivity contribution in [1.82, 2.24) is 15.5 Å². The lowest BCUT2D eigenvalue weighted by Gasteiger charge is -2.29. The van der Waals surface area contributed by atoms with Gasteiger partial charge in [0.15, 0.2) is 0 Å². The van der Waals surface area contributed by atoms with Crippen LogP contribution in [0.4, 0.5) is 11.4 Å². The van der Waals surface area contributed by atoms with Crippen molar-refractivity contribution in [3.05, 3.63) is 71.4 Å². The van der Waals surface area contributed by atoms with Gasteiger partial charge in [-0.15, -0.1) is 0 Å². The van der Waals surface area contributed by atoms with Crippen LogP contribution in [0.1, 0.15) is 75.8 Å². The first kappa shape index (κ1) is 45.1. The summed E-state index contributed by atoms with van der Waals surface area (Å²) in [6, 6.07) is 15.3. The number of aliphatic hydroxyl groups is 2. The lowest BCUT2D eigenvalue weighted by atomic mass is 9.85. The summed E-state index contributed by atoms with van der Waals surface area (Å²) in [7, 11) is 3.92. The number of rotatable bonds is 25. The number of hydrogen-bond donors (Lipinski definition) is 4. The molecule has 0 aromatic heterocycles. The molecule has 0 bridgehead atoms. The molecule has 0 atom stereocenters. The quantitative estimate of drug-likeness (QED) is 0.0833. The third kappa shape index (κ3) is 15.4. The normalized spacial score (nSPS) is 17.6. The number of amidine groups is 1. The highest BCUT2D eigenvalue weighted by Crippen LogP contribution is 2.25. The zero-order valence-electron chi connectivity index (χ0n) is 34.2. The minimum absolute atomic E-state index is 0.0139. The van der Waals surface area contributed by atoms with E-state index < -0.39 is 0 Å². The van der Waals surface area contributed by atoms with E-state index in [0.29, 0.717) is 71.0 Å². The van der Waals surface area contributed by atoms with Gasteiger partial charge in [0.05, 0.1) is 33.0 Å². The van der Waals surface area contributed by atoms with Crippen LogP contribution >= 0.6 is 0 Å². The van der Waals surface area contributed by atoms with Crippen LogP contribution in [0.25, 0.3) is 12.2 Å². The molecule has 1 saturated carbocycles. The van der Waals surface area contributed by atoms with Gasteiger partial charge in [0.2, 0.25) is 11.8 Å². The van der Waals surface area contributed by atoms with E-state index in [1.54, 1.807) is 12.2 Å². The largest absolute Gasteiger partial charge is 0.395 e. The summed E-state index contributed by atoms with van der Waals surface area (Å²) in [4.78, 5) is 49.9. The third-order valence-corrected chi connectivity index (χ3v) is 10.2. The number of hydrogen-bond acceptors (Lipinski definition) is 10. The molecule has 1 heterocycles. The van der Waals surface area contributed by atoms with Gasteiger partial charge in [0.25, 0.3) is 5.91 Å². The molecule has 0 radical (unpaired) electrons. The average Bonchev–Trinajstić information content (AvgIpc) is 3.50. The summed E-state index contributed by atoms with van der Waals surface area (Å²) < 4.78 is 11.2. The van der Waals surface area contributed by atoms with E-state index in [-0.39, 0.29) is 55.1 Å². The first-order valence-corrected chi connectivity index (χ1v) is 20.6. The van der Waals surface area contributed by atoms with Crippen molar-refractivity contribution in [2.75, 3.05) is 89.7 Å². The van der Waals surface area contributed by atoms with E-state index in [2.05, 4.69) is 22.5 Å². The van der Waals surface area contributed by atoms with Gasteiger partial charge in [-0.2, -0.15) is 0 Å². The second-order valence-electron chi connectivity index (χ2n) is 14.8. The van der Waals surface area contributed by atoms with E-state index in [4.69, 9.17) is 9.47 Å². The number of nitrogens with one attached hydrogen (secondary N) is 2. The number of carbonyl (C=O) groups excluding carboxylic acids is 3. The van der Waals surface area contributed by atoms with Crippen LogP contribution < -0.4 is 20.4 Å². The maximum atomic E-state index is 13.7. The fourth-order valence-electron chi connectivity index (χ4n) is 6.89. The van der Waals surface area contributed by atoms with Crippen molar-refractivity contribution in [2.45, 2.75) is 70.8 Å². The Hall–Kier alpha value is -4.56. The summed E-state index contributed by atoms with van der Waals surface area (Å²) in [6.45, 7) is 5.49. The van der Waals surface area contributed by atoms with Gasteiger partial charge in [-0.25, -0.2) is 4.99 Å². The van der Waals surface area contributed by atoms with E-state index in [9.17, 15) is 24.6 Å². The van der Waals surface area contributed by atoms with Crippen LogP contribution in [0.2, 0.25) is 0 Å². The molecule has 13 nitrogen and oxygen atoms in total. The molecule has 0 spiro atoms. The number of carbonyl (C=O) groups is 3. The van der Waals surface area contributed by atoms with E-state index in [0.717, 1.165) is 35.5 Å². The molecular weight excluding hydrogens is 725 g/mol. The number of aliphatic hydroxyl groups excluding tert-OH is 2. The van der Waals surface area contributed by atoms with Crippen LogP contribution in [0.3, 0.4) is 0 Å². The number of nitrogens with zero attached hydrogens (tertiary/aromatic N) is 4. The number of aliphatic imine (C=N–C) groups is 1. The zero-order chi connectivity index (χ0) is 40.8. The molecule has 312 valence electrons. The molecule has 13 heteroatoms. The standard InChI is InChI=1S/C44H64N6O7/c1-4-5-6-7-8-28-56-30-31-57-29-23-45-43(54)36-14-16-37(17-15-36)46-42(53)33-50-41(22-13-34-9-20-39(21-10-34)49(24-26-51)25-27-52)47-40(44(50)55)32-35-11-18-38(19-12-35)48(2)3/h9-13,18-22,32,36-37,51-52H,4-8,14-17,23-31,33H2,1-3H3,(H,45,54)(H,46,53)/b22-13+,40-32-/t36-,37-. The van der Waals surface area contributed by atoms with E-state index in [1.165, 1.54) is 30.6 Å². The minimum Gasteiger partial charge on any atom is -0.395 e. The molecule has 1 fully saturated rings. The van der Waals surface area contributed by atoms with Crippen molar-refractivity contribution in [3.63, 3.8) is 0 Å². The Morgan fingerprint density at radius 3 is 2.11 bits per heavy atom. The van der Waals surface area contributed by atoms with Crippen molar-refractivity contribution in [2.24, 2.45) is 10.9 Å². The molecule has 57 heavy (non-hydrogen) atoms. The molecular formula is C44H64N6O7. The van der Waals surface area contributed by atoms with Crippen LogP contribution in [0.5, 0.6) is 0 Å². The Bertz CT molecular complexity index is 1610. The van der Waals surface area contributed by atoms with E-state index >= 15 is 0 Å². The predicted octanol–water partition coefficient (Wildman–Crippen LogP) is 4.63. The maximum absolute atomic E-state index is 13.7. The van der Waals surface area contributed by atoms with Crippen LogP contribution in [-0.2, 0) is 23.9 Å². The summed E-state index contributed by atoms with van der Waals surface area (Å²) in [5.41, 5.74) is 3.80. The average molecular weight is 789 g/mol. The number of benzene rings is 2. The first-order valence-electron chi connectivity index (χ1n) is 20.6. The Morgan fingerprint density at radius 2 is 1.46 bits per heavy atom. The summed E-state index contributed by atoms with van der Waals surface area (Å²) in [5.74, 6) is -0.398. The molecule has 1 aliphatic carbocycles. The number of unbranched alkanes of at least 4 members (excludes halogenated alkanes) is 4. The number of ether oxygens (including phenoxy) is 2. The molecule has 0 saturated heterocycles. The summed E-state index contributed by atoms with van der Waals surface area (Å²) in [6.07, 6.45) is 14.0. The SMILES string of the molecule is CCCCCCCOCCOCCNC(=O)[C@H]1CC[C@H](NC(=O)CN2C(=O)/C(=C/c3ccc(N(C)C)cc3)N=C2/C=C/c2ccc(N(CCO)CCO)cc2)CC1. The van der Waals surface area contributed by atoms with Crippen LogP contribution in [0.15, 0.2) is 65.3 Å². The molecule has 4 N–H and O–H groups in total. The smallest absolute Gasteiger partial charge is 0.278 e. The maximum Gasteiger partial charge on any atom is 0.278 e. The van der Waals surface area contributed by atoms with Crippen molar-refractivity contribution in [3.8, 4) is 0 Å². The van der Waals surface area contributed by atoms with Gasteiger partial charge in [0, 0.05) is 63.7 Å². The Morgan fingerprint density at radius 1 is 0.825 bits per heavy atom. The highest BCUT2D eigenvalue weighted by Gasteiger charge is 2.32. The Balaban J connectivity index is 1.28.